The van der Waals surface area contributed by atoms with Gasteiger partial charge in [0, 0.05) is 5.56 Å². The van der Waals surface area contributed by atoms with Crippen molar-refractivity contribution < 1.29 is 28.6 Å². The van der Waals surface area contributed by atoms with Crippen LogP contribution in [0.2, 0.25) is 0 Å². The summed E-state index contributed by atoms with van der Waals surface area (Å²) in [5.41, 5.74) is 1.73. The summed E-state index contributed by atoms with van der Waals surface area (Å²) in [4.78, 5) is 37.8. The Bertz CT molecular complexity index is 1080. The van der Waals surface area contributed by atoms with E-state index in [1.54, 1.807) is 54.6 Å². The Balaban J connectivity index is 1.27. The molecule has 7 nitrogen and oxygen atoms in total. The highest BCUT2D eigenvalue weighted by molar-refractivity contribution is 6.03. The predicted octanol–water partition coefficient (Wildman–Crippen LogP) is 4.08. The molecule has 0 bridgehead atoms. The number of carbonyl (C=O) groups excluding carboxylic acids is 3. The van der Waals surface area contributed by atoms with Gasteiger partial charge in [0.15, 0.2) is 6.10 Å². The number of nitrogens with zero attached hydrogens (tertiary/aromatic N) is 1. The van der Waals surface area contributed by atoms with E-state index in [1.807, 2.05) is 30.3 Å². The highest BCUT2D eigenvalue weighted by Gasteiger charge is 2.36. The summed E-state index contributed by atoms with van der Waals surface area (Å²) < 4.78 is 16.2. The average Bonchev–Trinajstić information content (AvgIpc) is 3.22. The van der Waals surface area contributed by atoms with Gasteiger partial charge in [-0.05, 0) is 42.0 Å². The third-order valence-electron chi connectivity index (χ3n) is 4.88. The number of imide groups is 1. The van der Waals surface area contributed by atoms with Gasteiger partial charge in [0.25, 0.3) is 5.91 Å². The molecule has 3 aromatic carbocycles. The molecule has 1 atom stereocenters. The predicted molar refractivity (Wildman–Crippen MR) is 115 cm³/mol. The van der Waals surface area contributed by atoms with Crippen LogP contribution in [0.5, 0.6) is 5.75 Å². The van der Waals surface area contributed by atoms with E-state index in [9.17, 15) is 14.4 Å². The van der Waals surface area contributed by atoms with E-state index in [-0.39, 0.29) is 19.8 Å². The Kier molecular flexibility index (Phi) is 6.46. The fraction of sp³-hybridized carbons (Fsp3) is 0.160. The second-order valence-corrected chi connectivity index (χ2v) is 7.18. The second kappa shape index (κ2) is 9.78. The van der Waals surface area contributed by atoms with E-state index in [0.29, 0.717) is 16.9 Å². The molecule has 162 valence electrons. The molecule has 0 spiro atoms. The first-order valence-corrected chi connectivity index (χ1v) is 10.1. The van der Waals surface area contributed by atoms with Crippen molar-refractivity contribution >= 4 is 18.0 Å². The van der Waals surface area contributed by atoms with Crippen LogP contribution in [-0.2, 0) is 16.1 Å². The van der Waals surface area contributed by atoms with E-state index in [4.69, 9.17) is 14.2 Å². The third-order valence-corrected chi connectivity index (χ3v) is 4.88. The van der Waals surface area contributed by atoms with Crippen LogP contribution in [0.4, 0.5) is 4.79 Å². The van der Waals surface area contributed by atoms with Crippen molar-refractivity contribution in [1.82, 2.24) is 4.90 Å². The number of esters is 1. The van der Waals surface area contributed by atoms with Crippen LogP contribution in [0.3, 0.4) is 0 Å². The zero-order chi connectivity index (χ0) is 22.3. The number of hydrogen-bond acceptors (Lipinski definition) is 6. The van der Waals surface area contributed by atoms with Crippen LogP contribution in [0.15, 0.2) is 84.9 Å². The van der Waals surface area contributed by atoms with Gasteiger partial charge in [0.1, 0.15) is 19.0 Å². The highest BCUT2D eigenvalue weighted by atomic mass is 16.6. The molecule has 0 saturated carbocycles. The summed E-state index contributed by atoms with van der Waals surface area (Å²) in [6, 6.07) is 24.5. The van der Waals surface area contributed by atoms with Gasteiger partial charge >= 0.3 is 12.1 Å². The van der Waals surface area contributed by atoms with Crippen molar-refractivity contribution in [2.24, 2.45) is 0 Å². The van der Waals surface area contributed by atoms with Crippen molar-refractivity contribution in [1.29, 1.82) is 0 Å². The van der Waals surface area contributed by atoms with Crippen LogP contribution < -0.4 is 4.74 Å². The van der Waals surface area contributed by atoms with Gasteiger partial charge in [-0.1, -0.05) is 48.5 Å². The minimum absolute atomic E-state index is 0.0854. The molecule has 1 unspecified atom stereocenters. The van der Waals surface area contributed by atoms with E-state index in [1.165, 1.54) is 0 Å². The third kappa shape index (κ3) is 5.13. The topological polar surface area (TPSA) is 82.1 Å². The van der Waals surface area contributed by atoms with Crippen molar-refractivity contribution in [3.63, 3.8) is 0 Å². The SMILES string of the molecule is O=C(OCc1ccccc1)c1ccc(OCC2CN(C(=O)c3ccccc3)C(=O)O2)cc1. The lowest BCUT2D eigenvalue weighted by molar-refractivity contribution is 0.0472. The Morgan fingerprint density at radius 2 is 1.53 bits per heavy atom. The van der Waals surface area contributed by atoms with Crippen LogP contribution >= 0.6 is 0 Å². The Hall–Kier alpha value is -4.13. The average molecular weight is 431 g/mol. The van der Waals surface area contributed by atoms with Crippen LogP contribution in [0.1, 0.15) is 26.3 Å². The monoisotopic (exact) mass is 431 g/mol. The molecule has 1 heterocycles. The quantitative estimate of drug-likeness (QED) is 0.524. The first-order valence-electron chi connectivity index (χ1n) is 10.1. The number of rotatable bonds is 7. The first kappa shape index (κ1) is 21.1. The maximum absolute atomic E-state index is 12.5. The van der Waals surface area contributed by atoms with Crippen LogP contribution in [0, 0.1) is 0 Å². The lowest BCUT2D eigenvalue weighted by atomic mass is 10.2. The number of hydrogen-bond donors (Lipinski definition) is 0. The number of benzene rings is 3. The highest BCUT2D eigenvalue weighted by Crippen LogP contribution is 2.18. The van der Waals surface area contributed by atoms with E-state index >= 15 is 0 Å². The molecular weight excluding hydrogens is 410 g/mol. The van der Waals surface area contributed by atoms with Crippen molar-refractivity contribution in [3.8, 4) is 5.75 Å². The molecule has 2 amide bonds. The smallest absolute Gasteiger partial charge is 0.417 e. The Morgan fingerprint density at radius 3 is 2.22 bits per heavy atom. The standard InChI is InChI=1S/C25H21NO6/c27-23(19-9-5-2-6-10-19)26-15-22(32-25(26)29)17-30-21-13-11-20(12-14-21)24(28)31-16-18-7-3-1-4-8-18/h1-14,22H,15-17H2. The van der Waals surface area contributed by atoms with Gasteiger partial charge in [-0.2, -0.15) is 0 Å². The van der Waals surface area contributed by atoms with Crippen LogP contribution in [-0.4, -0.2) is 42.1 Å². The summed E-state index contributed by atoms with van der Waals surface area (Å²) in [6.45, 7) is 0.391. The van der Waals surface area contributed by atoms with E-state index in [0.717, 1.165) is 10.5 Å². The molecule has 1 aliphatic heterocycles. The molecule has 0 aliphatic carbocycles. The second-order valence-electron chi connectivity index (χ2n) is 7.18. The van der Waals surface area contributed by atoms with Gasteiger partial charge in [-0.25, -0.2) is 14.5 Å². The lowest BCUT2D eigenvalue weighted by Crippen LogP contribution is -2.33. The van der Waals surface area contributed by atoms with Crippen molar-refractivity contribution in [2.75, 3.05) is 13.2 Å². The molecule has 0 aromatic heterocycles. The van der Waals surface area contributed by atoms with Gasteiger partial charge in [-0.15, -0.1) is 0 Å². The van der Waals surface area contributed by atoms with Crippen molar-refractivity contribution in [3.05, 3.63) is 102 Å². The maximum Gasteiger partial charge on any atom is 0.417 e. The summed E-state index contributed by atoms with van der Waals surface area (Å²) in [5, 5.41) is 0. The molecule has 4 rings (SSSR count). The molecule has 3 aromatic rings. The first-order chi connectivity index (χ1) is 15.6. The largest absolute Gasteiger partial charge is 0.490 e. The number of ether oxygens (including phenoxy) is 3. The zero-order valence-electron chi connectivity index (χ0n) is 17.2. The molecule has 7 heteroatoms. The number of carbonyl (C=O) groups is 3. The van der Waals surface area contributed by atoms with Crippen LogP contribution in [0.25, 0.3) is 0 Å². The molecule has 1 fully saturated rings. The van der Waals surface area contributed by atoms with Gasteiger partial charge in [0.05, 0.1) is 12.1 Å². The molecule has 32 heavy (non-hydrogen) atoms. The molecule has 0 radical (unpaired) electrons. The normalized spacial score (nSPS) is 15.2. The minimum atomic E-state index is -0.691. The van der Waals surface area contributed by atoms with Gasteiger partial charge < -0.3 is 14.2 Å². The van der Waals surface area contributed by atoms with E-state index in [2.05, 4.69) is 0 Å². The molecule has 1 saturated heterocycles. The number of amides is 2. The fourth-order valence-electron chi connectivity index (χ4n) is 3.19. The number of cyclic esters (lactones) is 1. The summed E-state index contributed by atoms with van der Waals surface area (Å²) in [7, 11) is 0. The summed E-state index contributed by atoms with van der Waals surface area (Å²) in [5.74, 6) is -0.329. The molecular formula is C25H21NO6. The van der Waals surface area contributed by atoms with E-state index < -0.39 is 24.1 Å². The van der Waals surface area contributed by atoms with Gasteiger partial charge in [-0.3, -0.25) is 4.79 Å². The fourth-order valence-corrected chi connectivity index (χ4v) is 3.19. The van der Waals surface area contributed by atoms with Gasteiger partial charge in [0.2, 0.25) is 0 Å². The summed E-state index contributed by atoms with van der Waals surface area (Å²) in [6.07, 6.45) is -1.27. The molecule has 0 N–H and O–H groups in total. The molecule has 1 aliphatic rings. The van der Waals surface area contributed by atoms with Crippen molar-refractivity contribution in [2.45, 2.75) is 12.7 Å². The Morgan fingerprint density at radius 1 is 0.875 bits per heavy atom. The summed E-state index contributed by atoms with van der Waals surface area (Å²) >= 11 is 0. The Labute approximate surface area is 185 Å². The zero-order valence-corrected chi connectivity index (χ0v) is 17.2. The maximum atomic E-state index is 12.5. The lowest BCUT2D eigenvalue weighted by Gasteiger charge is -2.12. The minimum Gasteiger partial charge on any atom is -0.490 e.